The summed E-state index contributed by atoms with van der Waals surface area (Å²) in [4.78, 5) is 52.8. The van der Waals surface area contributed by atoms with Crippen LogP contribution < -0.4 is 56.5 Å². The number of halogens is 6. The van der Waals surface area contributed by atoms with E-state index in [1.807, 2.05) is 0 Å². The number of rotatable bonds is 8. The van der Waals surface area contributed by atoms with E-state index in [-0.39, 0.29) is 70.7 Å². The van der Waals surface area contributed by atoms with Crippen molar-refractivity contribution in [1.29, 1.82) is 10.5 Å². The fourth-order valence-electron chi connectivity index (χ4n) is 2.53. The van der Waals surface area contributed by atoms with E-state index in [1.165, 1.54) is 6.92 Å². The number of aliphatic carboxylic acids is 1. The molecular weight excluding hydrogens is 625 g/mol. The Morgan fingerprint density at radius 1 is 0.744 bits per heavy atom. The number of nitriles is 2. The summed E-state index contributed by atoms with van der Waals surface area (Å²) in [5.74, 6) is -15.5. The first-order valence-corrected chi connectivity index (χ1v) is 11.0. The van der Waals surface area contributed by atoms with Gasteiger partial charge in [0.2, 0.25) is 0 Å². The molecule has 11 nitrogen and oxygen atoms in total. The van der Waals surface area contributed by atoms with Gasteiger partial charge < -0.3 is 24.5 Å². The number of nitrogens with zero attached hydrogens (tertiary/aromatic N) is 2. The Kier molecular flexibility index (Phi) is 19.4. The summed E-state index contributed by atoms with van der Waals surface area (Å²) in [6.07, 6.45) is -1.48. The molecule has 2 rings (SSSR count). The number of hydrogen-bond donors (Lipinski definition) is 1. The molecule has 2 aromatic rings. The van der Waals surface area contributed by atoms with Gasteiger partial charge in [0, 0.05) is 0 Å². The van der Waals surface area contributed by atoms with Gasteiger partial charge in [0.05, 0.1) is 36.7 Å². The Hall–Kier alpha value is -3.81. The second-order valence-corrected chi connectivity index (χ2v) is 7.11. The Bertz CT molecular complexity index is 1470. The third-order valence-electron chi connectivity index (χ3n) is 4.27. The monoisotopic (exact) mass is 642 g/mol. The van der Waals surface area contributed by atoms with Gasteiger partial charge in [-0.1, -0.05) is 0 Å². The van der Waals surface area contributed by atoms with Crippen molar-refractivity contribution < 1.29 is 121 Å². The van der Waals surface area contributed by atoms with E-state index in [4.69, 9.17) is 15.6 Å². The van der Waals surface area contributed by atoms with E-state index in [0.29, 0.717) is 6.07 Å². The van der Waals surface area contributed by atoms with Crippen LogP contribution in [0.5, 0.6) is 0 Å². The molecule has 0 radical (unpaired) electrons. The van der Waals surface area contributed by atoms with E-state index < -0.39 is 99.7 Å². The molecule has 224 valence electrons. The molecule has 0 amide bonds. The van der Waals surface area contributed by atoms with Crippen LogP contribution in [0.4, 0.5) is 26.3 Å². The number of Topliss-reactive ketones (excluding diaryl/α,β-unsaturated/α-hetero) is 1. The van der Waals surface area contributed by atoms with Crippen LogP contribution in [0.15, 0.2) is 12.1 Å². The van der Waals surface area contributed by atoms with Crippen LogP contribution >= 0.6 is 0 Å². The topological polar surface area (TPSA) is 195 Å². The van der Waals surface area contributed by atoms with Crippen molar-refractivity contribution in [2.75, 3.05) is 13.2 Å². The van der Waals surface area contributed by atoms with Crippen LogP contribution in [0.1, 0.15) is 58.5 Å². The van der Waals surface area contributed by atoms with E-state index in [0.717, 1.165) is 12.1 Å². The third-order valence-corrected chi connectivity index (χ3v) is 4.27. The van der Waals surface area contributed by atoms with Crippen LogP contribution in [0.25, 0.3) is 0 Å². The summed E-state index contributed by atoms with van der Waals surface area (Å²) in [5.41, 5.74) is -4.36. The standard InChI is InChI=1S/C12H8F3NO3.C8H2F3NO2.C5H8O4.K/c1-2-19-10(18)4-9(17)6-3-8(13)12(15)7(5-16)11(6)14;9-5-1-3(8(13)14)6(10)4(2-12)7(5)11;1-2-9-5(8)3-4(6)7;/h3H,2,4H2,1H3;1H,(H,13,14);2-3H2,1H3,(H,6,7);/q;;;+1/p-1. The molecule has 0 aliphatic rings. The summed E-state index contributed by atoms with van der Waals surface area (Å²) >= 11 is 0. The molecule has 43 heavy (non-hydrogen) atoms. The minimum Gasteiger partial charge on any atom is -0.550 e. The van der Waals surface area contributed by atoms with Gasteiger partial charge >= 0.3 is 69.3 Å². The molecule has 0 bridgehead atoms. The third kappa shape index (κ3) is 12.9. The molecular formula is C25H17F6KN2O9. The van der Waals surface area contributed by atoms with Gasteiger partial charge in [-0.2, -0.15) is 10.5 Å². The quantitative estimate of drug-likeness (QED) is 0.0972. The number of ether oxygens (including phenoxy) is 2. The number of aromatic carboxylic acids is 1. The van der Waals surface area contributed by atoms with Crippen molar-refractivity contribution in [3.63, 3.8) is 0 Å². The first-order chi connectivity index (χ1) is 19.6. The molecule has 2 aromatic carbocycles. The molecule has 18 heteroatoms. The number of carbonyl (C=O) groups excluding carboxylic acids is 4. The van der Waals surface area contributed by atoms with Crippen LogP contribution in [0, 0.1) is 57.6 Å². The predicted molar refractivity (Wildman–Crippen MR) is 121 cm³/mol. The zero-order valence-corrected chi connectivity index (χ0v) is 25.5. The largest absolute Gasteiger partial charge is 1.00 e. The normalized spacial score (nSPS) is 9.26. The van der Waals surface area contributed by atoms with E-state index >= 15 is 0 Å². The maximum atomic E-state index is 13.6. The van der Waals surface area contributed by atoms with Crippen molar-refractivity contribution in [3.8, 4) is 12.1 Å². The fourth-order valence-corrected chi connectivity index (χ4v) is 2.53. The van der Waals surface area contributed by atoms with Crippen molar-refractivity contribution in [2.24, 2.45) is 0 Å². The molecule has 0 fully saturated rings. The van der Waals surface area contributed by atoms with Crippen LogP contribution in [0.3, 0.4) is 0 Å². The Labute approximate surface area is 281 Å². The van der Waals surface area contributed by atoms with Gasteiger partial charge in [-0.25, -0.2) is 31.1 Å². The molecule has 0 aliphatic heterocycles. The number of esters is 2. The summed E-state index contributed by atoms with van der Waals surface area (Å²) in [6.45, 7) is 3.34. The molecule has 0 spiro atoms. The number of benzene rings is 2. The smallest absolute Gasteiger partial charge is 0.550 e. The van der Waals surface area contributed by atoms with Gasteiger partial charge in [-0.05, 0) is 26.0 Å². The molecule has 0 unspecified atom stereocenters. The van der Waals surface area contributed by atoms with Crippen molar-refractivity contribution in [1.82, 2.24) is 0 Å². The maximum Gasteiger partial charge on any atom is 1.00 e. The second-order valence-electron chi connectivity index (χ2n) is 7.11. The summed E-state index contributed by atoms with van der Waals surface area (Å²) in [6, 6.07) is 2.67. The Morgan fingerprint density at radius 3 is 1.47 bits per heavy atom. The fraction of sp³-hybridized carbons (Fsp3) is 0.240. The molecule has 0 heterocycles. The van der Waals surface area contributed by atoms with E-state index in [2.05, 4.69) is 9.47 Å². The van der Waals surface area contributed by atoms with Crippen molar-refractivity contribution in [3.05, 3.63) is 69.3 Å². The summed E-state index contributed by atoms with van der Waals surface area (Å²) in [5, 5.41) is 34.8. The van der Waals surface area contributed by atoms with Gasteiger partial charge in [0.25, 0.3) is 0 Å². The first-order valence-electron chi connectivity index (χ1n) is 11.0. The molecule has 0 saturated carbocycles. The van der Waals surface area contributed by atoms with Gasteiger partial charge in [-0.3, -0.25) is 14.4 Å². The average Bonchev–Trinajstić information content (AvgIpc) is 2.89. The minimum absolute atomic E-state index is 0. The second kappa shape index (κ2) is 20.2. The van der Waals surface area contributed by atoms with Gasteiger partial charge in [-0.15, -0.1) is 0 Å². The Balaban J connectivity index is 0. The van der Waals surface area contributed by atoms with Crippen LogP contribution in [0.2, 0.25) is 0 Å². The zero-order chi connectivity index (χ0) is 32.7. The van der Waals surface area contributed by atoms with Crippen molar-refractivity contribution >= 4 is 29.7 Å². The van der Waals surface area contributed by atoms with Crippen molar-refractivity contribution in [2.45, 2.75) is 26.7 Å². The number of ketones is 1. The SMILES string of the molecule is CCOC(=O)CC(=O)[O-].CCOC(=O)CC(=O)c1cc(F)c(F)c(C#N)c1F.N#Cc1c(F)c(F)cc(C(=O)O)c1F.[K+]. The minimum atomic E-state index is -1.77. The molecule has 0 atom stereocenters. The van der Waals surface area contributed by atoms with Crippen LogP contribution in [-0.2, 0) is 23.9 Å². The molecule has 0 aliphatic carbocycles. The first kappa shape index (κ1) is 41.3. The summed E-state index contributed by atoms with van der Waals surface area (Å²) in [7, 11) is 0. The maximum absolute atomic E-state index is 13.6. The van der Waals surface area contributed by atoms with E-state index in [9.17, 15) is 55.4 Å². The molecule has 0 saturated heterocycles. The molecule has 0 aromatic heterocycles. The van der Waals surface area contributed by atoms with Gasteiger partial charge in [0.1, 0.15) is 29.7 Å². The van der Waals surface area contributed by atoms with Gasteiger partial charge in [0.15, 0.2) is 40.7 Å². The predicted octanol–water partition coefficient (Wildman–Crippen LogP) is -0.521. The molecule has 1 N–H and O–H groups in total. The van der Waals surface area contributed by atoms with E-state index in [1.54, 1.807) is 6.92 Å². The number of carboxylic acids is 2. The number of carbonyl (C=O) groups is 5. The Morgan fingerprint density at radius 2 is 1.12 bits per heavy atom. The average molecular weight is 643 g/mol. The number of carboxylic acid groups (broad SMARTS) is 2. The summed E-state index contributed by atoms with van der Waals surface area (Å²) < 4.78 is 86.7. The van der Waals surface area contributed by atoms with Crippen LogP contribution in [-0.4, -0.2) is 48.0 Å². The number of hydrogen-bond acceptors (Lipinski definition) is 10. The zero-order valence-electron chi connectivity index (χ0n) is 22.4.